The van der Waals surface area contributed by atoms with Gasteiger partial charge in [-0.1, -0.05) is 31.4 Å². The molecule has 0 saturated heterocycles. The maximum absolute atomic E-state index is 5.53. The van der Waals surface area contributed by atoms with Crippen LogP contribution in [0.2, 0.25) is 0 Å². The SMILES string of the molecule is CCCCCOC(C)Cl. The van der Waals surface area contributed by atoms with Crippen molar-refractivity contribution in [1.82, 2.24) is 0 Å². The lowest BCUT2D eigenvalue weighted by atomic mass is 10.3. The van der Waals surface area contributed by atoms with E-state index in [-0.39, 0.29) is 5.56 Å². The van der Waals surface area contributed by atoms with Crippen LogP contribution in [0, 0.1) is 0 Å². The van der Waals surface area contributed by atoms with Crippen LogP contribution in [-0.2, 0) is 4.74 Å². The summed E-state index contributed by atoms with van der Waals surface area (Å²) in [4.78, 5) is 0. The van der Waals surface area contributed by atoms with E-state index in [2.05, 4.69) is 6.92 Å². The second-order valence-corrected chi connectivity index (χ2v) is 2.74. The molecule has 0 radical (unpaired) electrons. The largest absolute Gasteiger partial charge is 0.363 e. The number of ether oxygens (including phenoxy) is 1. The normalized spacial score (nSPS) is 13.7. The predicted molar refractivity (Wildman–Crippen MR) is 40.8 cm³/mol. The van der Waals surface area contributed by atoms with Gasteiger partial charge in [-0.25, -0.2) is 0 Å². The lowest BCUT2D eigenvalue weighted by Gasteiger charge is -2.03. The van der Waals surface area contributed by atoms with Crippen LogP contribution in [0.1, 0.15) is 33.1 Å². The number of hydrogen-bond donors (Lipinski definition) is 0. The number of unbranched alkanes of at least 4 members (excludes halogenated alkanes) is 2. The minimum atomic E-state index is -0.123. The summed E-state index contributed by atoms with van der Waals surface area (Å²) < 4.78 is 5.11. The van der Waals surface area contributed by atoms with Crippen molar-refractivity contribution >= 4 is 11.6 Å². The van der Waals surface area contributed by atoms with Crippen LogP contribution in [-0.4, -0.2) is 12.2 Å². The molecule has 0 aliphatic rings. The minimum absolute atomic E-state index is 0.123. The monoisotopic (exact) mass is 150 g/mol. The highest BCUT2D eigenvalue weighted by atomic mass is 35.5. The molecule has 0 N–H and O–H groups in total. The molecule has 0 heterocycles. The molecule has 56 valence electrons. The molecule has 0 amide bonds. The molecular formula is C7H15ClO. The fourth-order valence-corrected chi connectivity index (χ4v) is 0.687. The average molecular weight is 151 g/mol. The number of halogens is 1. The molecule has 0 fully saturated rings. The Balaban J connectivity index is 2.75. The van der Waals surface area contributed by atoms with Crippen LogP contribution < -0.4 is 0 Å². The van der Waals surface area contributed by atoms with Gasteiger partial charge in [-0.15, -0.1) is 0 Å². The molecule has 0 aliphatic heterocycles. The molecule has 0 aromatic rings. The van der Waals surface area contributed by atoms with Crippen LogP contribution in [0.5, 0.6) is 0 Å². The summed E-state index contributed by atoms with van der Waals surface area (Å²) in [6, 6.07) is 0. The van der Waals surface area contributed by atoms with Gasteiger partial charge < -0.3 is 4.74 Å². The number of hydrogen-bond acceptors (Lipinski definition) is 1. The molecule has 9 heavy (non-hydrogen) atoms. The van der Waals surface area contributed by atoms with E-state index in [0.29, 0.717) is 0 Å². The van der Waals surface area contributed by atoms with E-state index in [1.165, 1.54) is 12.8 Å². The highest BCUT2D eigenvalue weighted by molar-refractivity contribution is 6.19. The van der Waals surface area contributed by atoms with Crippen molar-refractivity contribution in [3.63, 3.8) is 0 Å². The average Bonchev–Trinajstić information content (AvgIpc) is 1.80. The van der Waals surface area contributed by atoms with Gasteiger partial charge in [0.2, 0.25) is 0 Å². The second-order valence-electron chi connectivity index (χ2n) is 2.12. The molecular weight excluding hydrogens is 136 g/mol. The van der Waals surface area contributed by atoms with E-state index in [1.807, 2.05) is 6.92 Å². The van der Waals surface area contributed by atoms with Crippen molar-refractivity contribution in [3.8, 4) is 0 Å². The topological polar surface area (TPSA) is 9.23 Å². The maximum atomic E-state index is 5.53. The summed E-state index contributed by atoms with van der Waals surface area (Å²) in [6.45, 7) is 4.82. The smallest absolute Gasteiger partial charge is 0.128 e. The summed E-state index contributed by atoms with van der Waals surface area (Å²) in [5.74, 6) is 0. The Hall–Kier alpha value is 0.250. The zero-order valence-electron chi connectivity index (χ0n) is 6.19. The van der Waals surface area contributed by atoms with Crippen molar-refractivity contribution in [2.75, 3.05) is 6.61 Å². The van der Waals surface area contributed by atoms with Crippen molar-refractivity contribution < 1.29 is 4.74 Å². The molecule has 2 heteroatoms. The van der Waals surface area contributed by atoms with Crippen LogP contribution in [0.15, 0.2) is 0 Å². The highest BCUT2D eigenvalue weighted by Gasteiger charge is 1.92. The Morgan fingerprint density at radius 3 is 2.56 bits per heavy atom. The summed E-state index contributed by atoms with van der Waals surface area (Å²) >= 11 is 5.53. The van der Waals surface area contributed by atoms with Gasteiger partial charge in [0.15, 0.2) is 0 Å². The van der Waals surface area contributed by atoms with Crippen LogP contribution in [0.3, 0.4) is 0 Å². The van der Waals surface area contributed by atoms with Crippen LogP contribution in [0.25, 0.3) is 0 Å². The lowest BCUT2D eigenvalue weighted by Crippen LogP contribution is -2.00. The lowest BCUT2D eigenvalue weighted by molar-refractivity contribution is 0.115. The third-order valence-electron chi connectivity index (χ3n) is 1.10. The maximum Gasteiger partial charge on any atom is 0.128 e. The van der Waals surface area contributed by atoms with Crippen molar-refractivity contribution in [3.05, 3.63) is 0 Å². The molecule has 0 rings (SSSR count). The van der Waals surface area contributed by atoms with Gasteiger partial charge in [0, 0.05) is 6.61 Å². The van der Waals surface area contributed by atoms with E-state index in [1.54, 1.807) is 0 Å². The van der Waals surface area contributed by atoms with E-state index >= 15 is 0 Å². The van der Waals surface area contributed by atoms with Gasteiger partial charge >= 0.3 is 0 Å². The van der Waals surface area contributed by atoms with Gasteiger partial charge in [-0.05, 0) is 13.3 Å². The zero-order chi connectivity index (χ0) is 7.11. The Labute approximate surface area is 62.3 Å². The summed E-state index contributed by atoms with van der Waals surface area (Å²) in [5.41, 5.74) is -0.123. The first-order valence-electron chi connectivity index (χ1n) is 3.53. The van der Waals surface area contributed by atoms with E-state index in [9.17, 15) is 0 Å². The van der Waals surface area contributed by atoms with Crippen LogP contribution in [0.4, 0.5) is 0 Å². The molecule has 0 spiro atoms. The third-order valence-corrected chi connectivity index (χ3v) is 1.22. The molecule has 1 unspecified atom stereocenters. The fourth-order valence-electron chi connectivity index (χ4n) is 0.598. The first-order chi connectivity index (χ1) is 4.27. The number of alkyl halides is 1. The van der Waals surface area contributed by atoms with Crippen molar-refractivity contribution in [2.45, 2.75) is 38.7 Å². The van der Waals surface area contributed by atoms with Crippen molar-refractivity contribution in [2.24, 2.45) is 0 Å². The number of rotatable bonds is 5. The van der Waals surface area contributed by atoms with Gasteiger partial charge in [0.25, 0.3) is 0 Å². The molecule has 0 aromatic carbocycles. The first-order valence-corrected chi connectivity index (χ1v) is 3.96. The van der Waals surface area contributed by atoms with Gasteiger partial charge in [0.1, 0.15) is 5.56 Å². The highest BCUT2D eigenvalue weighted by Crippen LogP contribution is 1.99. The molecule has 0 bridgehead atoms. The standard InChI is InChI=1S/C7H15ClO/c1-3-4-5-6-9-7(2)8/h7H,3-6H2,1-2H3. The third kappa shape index (κ3) is 8.25. The molecule has 0 aromatic heterocycles. The van der Waals surface area contributed by atoms with E-state index < -0.39 is 0 Å². The van der Waals surface area contributed by atoms with Gasteiger partial charge in [-0.2, -0.15) is 0 Å². The van der Waals surface area contributed by atoms with Crippen LogP contribution >= 0.6 is 11.6 Å². The quantitative estimate of drug-likeness (QED) is 0.433. The zero-order valence-corrected chi connectivity index (χ0v) is 6.95. The van der Waals surface area contributed by atoms with Crippen molar-refractivity contribution in [1.29, 1.82) is 0 Å². The Bertz CT molecular complexity index is 54.9. The summed E-state index contributed by atoms with van der Waals surface area (Å²) in [5, 5.41) is 0. The van der Waals surface area contributed by atoms with E-state index in [4.69, 9.17) is 16.3 Å². The molecule has 1 atom stereocenters. The molecule has 0 saturated carbocycles. The van der Waals surface area contributed by atoms with Gasteiger partial charge in [-0.3, -0.25) is 0 Å². The van der Waals surface area contributed by atoms with E-state index in [0.717, 1.165) is 13.0 Å². The Kier molecular flexibility index (Phi) is 6.55. The Morgan fingerprint density at radius 2 is 2.11 bits per heavy atom. The van der Waals surface area contributed by atoms with Gasteiger partial charge in [0.05, 0.1) is 0 Å². The minimum Gasteiger partial charge on any atom is -0.363 e. The second kappa shape index (κ2) is 6.37. The first kappa shape index (κ1) is 9.25. The summed E-state index contributed by atoms with van der Waals surface area (Å²) in [7, 11) is 0. The fraction of sp³-hybridized carbons (Fsp3) is 1.00. The molecule has 0 aliphatic carbocycles. The molecule has 1 nitrogen and oxygen atoms in total. The Morgan fingerprint density at radius 1 is 1.44 bits per heavy atom. The summed E-state index contributed by atoms with van der Waals surface area (Å²) in [6.07, 6.45) is 3.61. The predicted octanol–water partition coefficient (Wildman–Crippen LogP) is 2.78.